The molecule has 0 spiro atoms. The van der Waals surface area contributed by atoms with E-state index in [0.717, 1.165) is 30.6 Å². The molecule has 1 saturated heterocycles. The van der Waals surface area contributed by atoms with Crippen LogP contribution in [0.15, 0.2) is 18.2 Å². The lowest BCUT2D eigenvalue weighted by Gasteiger charge is -2.21. The summed E-state index contributed by atoms with van der Waals surface area (Å²) in [5.41, 5.74) is 8.15. The number of benzene rings is 1. The molecule has 1 atom stereocenters. The van der Waals surface area contributed by atoms with Crippen LogP contribution in [-0.2, 0) is 0 Å². The minimum Gasteiger partial charge on any atom is -0.398 e. The highest BCUT2D eigenvalue weighted by molar-refractivity contribution is 5.97. The molecule has 0 aliphatic carbocycles. The van der Waals surface area contributed by atoms with Crippen molar-refractivity contribution in [3.8, 4) is 0 Å². The number of anilines is 1. The Morgan fingerprint density at radius 3 is 2.78 bits per heavy atom. The minimum absolute atomic E-state index is 0.101. The van der Waals surface area contributed by atoms with Gasteiger partial charge in [-0.05, 0) is 45.1 Å². The Kier molecular flexibility index (Phi) is 3.57. The molecule has 4 nitrogen and oxygen atoms in total. The van der Waals surface area contributed by atoms with E-state index < -0.39 is 0 Å². The second-order valence-electron chi connectivity index (χ2n) is 5.18. The topological polar surface area (TPSA) is 49.6 Å². The van der Waals surface area contributed by atoms with E-state index in [2.05, 4.69) is 19.0 Å². The predicted molar refractivity (Wildman–Crippen MR) is 73.6 cm³/mol. The van der Waals surface area contributed by atoms with Crippen molar-refractivity contribution in [2.24, 2.45) is 0 Å². The third-order valence-corrected chi connectivity index (χ3v) is 3.79. The average molecular weight is 247 g/mol. The van der Waals surface area contributed by atoms with Gasteiger partial charge in [0, 0.05) is 30.4 Å². The van der Waals surface area contributed by atoms with Crippen LogP contribution in [0.1, 0.15) is 22.3 Å². The Morgan fingerprint density at radius 2 is 2.17 bits per heavy atom. The molecule has 2 rings (SSSR count). The molecule has 1 unspecified atom stereocenters. The smallest absolute Gasteiger partial charge is 0.254 e. The maximum atomic E-state index is 12.4. The zero-order chi connectivity index (χ0) is 13.3. The van der Waals surface area contributed by atoms with Crippen LogP contribution in [0.5, 0.6) is 0 Å². The third-order valence-electron chi connectivity index (χ3n) is 3.79. The van der Waals surface area contributed by atoms with Crippen LogP contribution in [0.25, 0.3) is 0 Å². The summed E-state index contributed by atoms with van der Waals surface area (Å²) in [4.78, 5) is 16.5. The normalized spacial score (nSPS) is 19.6. The van der Waals surface area contributed by atoms with Crippen LogP contribution in [0.2, 0.25) is 0 Å². The third kappa shape index (κ3) is 2.34. The van der Waals surface area contributed by atoms with Crippen molar-refractivity contribution in [1.82, 2.24) is 9.80 Å². The van der Waals surface area contributed by atoms with Crippen molar-refractivity contribution in [3.63, 3.8) is 0 Å². The second kappa shape index (κ2) is 4.98. The van der Waals surface area contributed by atoms with E-state index >= 15 is 0 Å². The largest absolute Gasteiger partial charge is 0.398 e. The molecule has 0 bridgehead atoms. The van der Waals surface area contributed by atoms with Crippen molar-refractivity contribution in [1.29, 1.82) is 0 Å². The summed E-state index contributed by atoms with van der Waals surface area (Å²) in [6.45, 7) is 3.54. The number of likely N-dealkylation sites (tertiary alicyclic amines) is 1. The van der Waals surface area contributed by atoms with Gasteiger partial charge in [-0.25, -0.2) is 0 Å². The minimum atomic E-state index is 0.101. The molecule has 0 saturated carbocycles. The summed E-state index contributed by atoms with van der Waals surface area (Å²) in [6, 6.07) is 6.00. The van der Waals surface area contributed by atoms with Gasteiger partial charge in [0.1, 0.15) is 0 Å². The summed E-state index contributed by atoms with van der Waals surface area (Å²) in [7, 11) is 4.12. The van der Waals surface area contributed by atoms with Crippen molar-refractivity contribution < 1.29 is 4.79 Å². The molecular formula is C14H21N3O. The molecular weight excluding hydrogens is 226 g/mol. The van der Waals surface area contributed by atoms with Gasteiger partial charge in [-0.2, -0.15) is 0 Å². The predicted octanol–water partition coefficient (Wildman–Crippen LogP) is 1.35. The summed E-state index contributed by atoms with van der Waals surface area (Å²) >= 11 is 0. The van der Waals surface area contributed by atoms with Crippen molar-refractivity contribution in [2.45, 2.75) is 19.4 Å². The SMILES string of the molecule is Cc1c(N)cccc1C(=O)N1CCC(N(C)C)C1. The van der Waals surface area contributed by atoms with Gasteiger partial charge in [-0.1, -0.05) is 6.07 Å². The lowest BCUT2D eigenvalue weighted by Crippen LogP contribution is -2.34. The van der Waals surface area contributed by atoms with Gasteiger partial charge in [0.15, 0.2) is 0 Å². The van der Waals surface area contributed by atoms with Crippen LogP contribution >= 0.6 is 0 Å². The number of nitrogens with two attached hydrogens (primary N) is 1. The number of likely N-dealkylation sites (N-methyl/N-ethyl adjacent to an activating group) is 1. The summed E-state index contributed by atoms with van der Waals surface area (Å²) < 4.78 is 0. The fraction of sp³-hybridized carbons (Fsp3) is 0.500. The maximum Gasteiger partial charge on any atom is 0.254 e. The van der Waals surface area contributed by atoms with E-state index in [4.69, 9.17) is 5.73 Å². The highest BCUT2D eigenvalue weighted by atomic mass is 16.2. The van der Waals surface area contributed by atoms with Crippen LogP contribution < -0.4 is 5.73 Å². The Morgan fingerprint density at radius 1 is 1.44 bits per heavy atom. The molecule has 4 heteroatoms. The number of nitrogen functional groups attached to an aromatic ring is 1. The first-order valence-corrected chi connectivity index (χ1v) is 6.31. The van der Waals surface area contributed by atoms with Crippen molar-refractivity contribution >= 4 is 11.6 Å². The molecule has 1 amide bonds. The molecule has 18 heavy (non-hydrogen) atoms. The van der Waals surface area contributed by atoms with Crippen molar-refractivity contribution in [2.75, 3.05) is 32.9 Å². The lowest BCUT2D eigenvalue weighted by molar-refractivity contribution is 0.0782. The monoisotopic (exact) mass is 247 g/mol. The van der Waals surface area contributed by atoms with E-state index in [0.29, 0.717) is 11.7 Å². The standard InChI is InChI=1S/C14H21N3O/c1-10-12(5-4-6-13(10)15)14(18)17-8-7-11(9-17)16(2)3/h4-6,11H,7-9,15H2,1-3H3. The first kappa shape index (κ1) is 12.9. The van der Waals surface area contributed by atoms with Crippen LogP contribution in [0, 0.1) is 6.92 Å². The number of amides is 1. The van der Waals surface area contributed by atoms with E-state index in [9.17, 15) is 4.79 Å². The zero-order valence-electron chi connectivity index (χ0n) is 11.3. The molecule has 0 aromatic heterocycles. The van der Waals surface area contributed by atoms with Crippen LogP contribution in [0.4, 0.5) is 5.69 Å². The molecule has 1 fully saturated rings. The number of nitrogens with zero attached hydrogens (tertiary/aromatic N) is 2. The first-order valence-electron chi connectivity index (χ1n) is 6.31. The Bertz CT molecular complexity index is 456. The molecule has 1 aromatic carbocycles. The molecule has 1 aliphatic heterocycles. The lowest BCUT2D eigenvalue weighted by atomic mass is 10.1. The zero-order valence-corrected chi connectivity index (χ0v) is 11.3. The molecule has 2 N–H and O–H groups in total. The number of hydrogen-bond acceptors (Lipinski definition) is 3. The highest BCUT2D eigenvalue weighted by Crippen LogP contribution is 2.21. The van der Waals surface area contributed by atoms with Crippen molar-refractivity contribution in [3.05, 3.63) is 29.3 Å². The molecule has 1 aliphatic rings. The Balaban J connectivity index is 2.16. The van der Waals surface area contributed by atoms with Crippen LogP contribution in [0.3, 0.4) is 0 Å². The summed E-state index contributed by atoms with van der Waals surface area (Å²) in [6.07, 6.45) is 1.04. The Labute approximate surface area is 108 Å². The van der Waals surface area contributed by atoms with E-state index in [1.807, 2.05) is 30.0 Å². The van der Waals surface area contributed by atoms with Gasteiger partial charge in [0.05, 0.1) is 0 Å². The fourth-order valence-electron chi connectivity index (χ4n) is 2.40. The number of carbonyl (C=O) groups excluding carboxylic acids is 1. The Hall–Kier alpha value is -1.55. The van der Waals surface area contributed by atoms with Crippen LogP contribution in [-0.4, -0.2) is 48.9 Å². The number of hydrogen-bond donors (Lipinski definition) is 1. The number of rotatable bonds is 2. The van der Waals surface area contributed by atoms with Gasteiger partial charge in [-0.15, -0.1) is 0 Å². The molecule has 1 aromatic rings. The van der Waals surface area contributed by atoms with Gasteiger partial charge >= 0.3 is 0 Å². The maximum absolute atomic E-state index is 12.4. The fourth-order valence-corrected chi connectivity index (χ4v) is 2.40. The first-order chi connectivity index (χ1) is 8.50. The van der Waals surface area contributed by atoms with Gasteiger partial charge in [-0.3, -0.25) is 4.79 Å². The van der Waals surface area contributed by atoms with Gasteiger partial charge in [0.25, 0.3) is 5.91 Å². The van der Waals surface area contributed by atoms with E-state index in [1.54, 1.807) is 0 Å². The summed E-state index contributed by atoms with van der Waals surface area (Å²) in [5, 5.41) is 0. The van der Waals surface area contributed by atoms with Gasteiger partial charge in [0.2, 0.25) is 0 Å². The number of carbonyl (C=O) groups is 1. The van der Waals surface area contributed by atoms with E-state index in [1.165, 1.54) is 0 Å². The second-order valence-corrected chi connectivity index (χ2v) is 5.18. The quantitative estimate of drug-likeness (QED) is 0.803. The summed E-state index contributed by atoms with van der Waals surface area (Å²) in [5.74, 6) is 0.101. The molecule has 1 heterocycles. The van der Waals surface area contributed by atoms with E-state index in [-0.39, 0.29) is 5.91 Å². The highest BCUT2D eigenvalue weighted by Gasteiger charge is 2.28. The molecule has 0 radical (unpaired) electrons. The molecule has 98 valence electrons. The average Bonchev–Trinajstić information content (AvgIpc) is 2.81. The van der Waals surface area contributed by atoms with Gasteiger partial charge < -0.3 is 15.5 Å².